The fourth-order valence-corrected chi connectivity index (χ4v) is 5.12. The molecule has 4 rings (SSSR count). The molecule has 35 heavy (non-hydrogen) atoms. The molecule has 3 aromatic rings. The Kier molecular flexibility index (Phi) is 7.16. The number of carbonyl (C=O) groups excluding carboxylic acids is 2. The van der Waals surface area contributed by atoms with Gasteiger partial charge in [0.2, 0.25) is 5.91 Å². The lowest BCUT2D eigenvalue weighted by Gasteiger charge is -2.31. The van der Waals surface area contributed by atoms with E-state index in [1.165, 1.54) is 30.3 Å². The number of likely N-dealkylation sites (tertiary alicyclic amines) is 1. The molecule has 0 radical (unpaired) electrons. The minimum absolute atomic E-state index is 0.0770. The summed E-state index contributed by atoms with van der Waals surface area (Å²) in [4.78, 5) is 27.3. The van der Waals surface area contributed by atoms with Gasteiger partial charge in [-0.05, 0) is 61.7 Å². The number of benzene rings is 3. The number of anilines is 2. The van der Waals surface area contributed by atoms with E-state index in [0.717, 1.165) is 11.8 Å². The number of amides is 2. The van der Waals surface area contributed by atoms with Crippen LogP contribution in [0, 0.1) is 18.7 Å². The van der Waals surface area contributed by atoms with Crippen molar-refractivity contribution in [2.75, 3.05) is 23.1 Å². The number of hydrogen-bond acceptors (Lipinski definition) is 4. The maximum absolute atomic E-state index is 13.9. The summed E-state index contributed by atoms with van der Waals surface area (Å²) < 4.78 is 41.9. The molecule has 1 aliphatic rings. The molecule has 0 atom stereocenters. The van der Waals surface area contributed by atoms with Crippen LogP contribution in [0.1, 0.15) is 28.8 Å². The van der Waals surface area contributed by atoms with E-state index in [9.17, 15) is 22.4 Å². The zero-order valence-corrected chi connectivity index (χ0v) is 20.0. The largest absolute Gasteiger partial charge is 0.339 e. The summed E-state index contributed by atoms with van der Waals surface area (Å²) in [5.41, 5.74) is 1.45. The van der Waals surface area contributed by atoms with E-state index >= 15 is 0 Å². The van der Waals surface area contributed by atoms with Crippen LogP contribution in [0.4, 0.5) is 15.8 Å². The molecule has 7 nitrogen and oxygen atoms in total. The van der Waals surface area contributed by atoms with Gasteiger partial charge in [-0.25, -0.2) is 12.8 Å². The number of nitrogens with one attached hydrogen (secondary N) is 2. The molecule has 182 valence electrons. The SMILES string of the molecule is Cc1ccc(S(=O)(=O)Nc2ccccc2F)cc1C(=O)N1CCC(C(=O)Nc2ccccc2)CC1. The van der Waals surface area contributed by atoms with Gasteiger partial charge in [0.05, 0.1) is 10.6 Å². The second-order valence-corrected chi connectivity index (χ2v) is 10.2. The van der Waals surface area contributed by atoms with Gasteiger partial charge in [-0.15, -0.1) is 0 Å². The molecule has 2 amide bonds. The van der Waals surface area contributed by atoms with E-state index in [0.29, 0.717) is 31.5 Å². The van der Waals surface area contributed by atoms with Crippen LogP contribution in [-0.4, -0.2) is 38.2 Å². The number of piperidine rings is 1. The van der Waals surface area contributed by atoms with E-state index in [4.69, 9.17) is 0 Å². The van der Waals surface area contributed by atoms with Gasteiger partial charge < -0.3 is 10.2 Å². The first kappa shape index (κ1) is 24.4. The molecule has 0 bridgehead atoms. The lowest BCUT2D eigenvalue weighted by molar-refractivity contribution is -0.121. The summed E-state index contributed by atoms with van der Waals surface area (Å²) in [5, 5.41) is 2.90. The van der Waals surface area contributed by atoms with Crippen molar-refractivity contribution in [3.8, 4) is 0 Å². The average Bonchev–Trinajstić information content (AvgIpc) is 2.86. The van der Waals surface area contributed by atoms with E-state index < -0.39 is 15.8 Å². The number of sulfonamides is 1. The highest BCUT2D eigenvalue weighted by molar-refractivity contribution is 7.92. The molecule has 0 spiro atoms. The number of nitrogens with zero attached hydrogens (tertiary/aromatic N) is 1. The first-order chi connectivity index (χ1) is 16.7. The van der Waals surface area contributed by atoms with Crippen molar-refractivity contribution in [1.29, 1.82) is 0 Å². The van der Waals surface area contributed by atoms with Crippen molar-refractivity contribution < 1.29 is 22.4 Å². The highest BCUT2D eigenvalue weighted by Crippen LogP contribution is 2.25. The van der Waals surface area contributed by atoms with Gasteiger partial charge in [-0.2, -0.15) is 0 Å². The molecule has 1 aliphatic heterocycles. The highest BCUT2D eigenvalue weighted by Gasteiger charge is 2.29. The van der Waals surface area contributed by atoms with Gasteiger partial charge in [0, 0.05) is 30.3 Å². The van der Waals surface area contributed by atoms with Gasteiger partial charge >= 0.3 is 0 Å². The number of carbonyl (C=O) groups is 2. The second-order valence-electron chi connectivity index (χ2n) is 8.48. The molecule has 9 heteroatoms. The molecular weight excluding hydrogens is 469 g/mol. The third-order valence-corrected chi connectivity index (χ3v) is 7.43. The van der Waals surface area contributed by atoms with Gasteiger partial charge in [-0.3, -0.25) is 14.3 Å². The van der Waals surface area contributed by atoms with Crippen molar-refractivity contribution in [1.82, 2.24) is 4.90 Å². The summed E-state index contributed by atoms with van der Waals surface area (Å²) in [5.74, 6) is -1.28. The van der Waals surface area contributed by atoms with Crippen molar-refractivity contribution in [3.63, 3.8) is 0 Å². The summed E-state index contributed by atoms with van der Waals surface area (Å²) in [6, 6.07) is 18.9. The molecule has 1 heterocycles. The van der Waals surface area contributed by atoms with Crippen LogP contribution in [-0.2, 0) is 14.8 Å². The van der Waals surface area contributed by atoms with Crippen LogP contribution < -0.4 is 10.0 Å². The molecular formula is C26H26FN3O4S. The number of para-hydroxylation sites is 2. The lowest BCUT2D eigenvalue weighted by atomic mass is 9.95. The second kappa shape index (κ2) is 10.3. The Morgan fingerprint density at radius 1 is 0.943 bits per heavy atom. The van der Waals surface area contributed by atoms with Gasteiger partial charge in [0.1, 0.15) is 5.82 Å². The normalized spacial score (nSPS) is 14.4. The number of rotatable bonds is 6. The Morgan fingerprint density at radius 3 is 2.29 bits per heavy atom. The van der Waals surface area contributed by atoms with E-state index in [2.05, 4.69) is 10.0 Å². The molecule has 3 aromatic carbocycles. The molecule has 0 aromatic heterocycles. The first-order valence-electron chi connectivity index (χ1n) is 11.3. The summed E-state index contributed by atoms with van der Waals surface area (Å²) in [6.07, 6.45) is 1.02. The van der Waals surface area contributed by atoms with Crippen molar-refractivity contribution in [3.05, 3.63) is 89.7 Å². The number of aryl methyl sites for hydroxylation is 1. The average molecular weight is 496 g/mol. The highest BCUT2D eigenvalue weighted by atomic mass is 32.2. The van der Waals surface area contributed by atoms with E-state index in [1.807, 2.05) is 30.3 Å². The van der Waals surface area contributed by atoms with Crippen molar-refractivity contribution in [2.45, 2.75) is 24.7 Å². The summed E-state index contributed by atoms with van der Waals surface area (Å²) >= 11 is 0. The zero-order valence-electron chi connectivity index (χ0n) is 19.2. The van der Waals surface area contributed by atoms with Gasteiger partial charge in [0.25, 0.3) is 15.9 Å². The van der Waals surface area contributed by atoms with Crippen LogP contribution in [0.5, 0.6) is 0 Å². The predicted molar refractivity (Wildman–Crippen MR) is 132 cm³/mol. The van der Waals surface area contributed by atoms with Crippen molar-refractivity contribution in [2.24, 2.45) is 5.92 Å². The molecule has 2 N–H and O–H groups in total. The fraction of sp³-hybridized carbons (Fsp3) is 0.231. The topological polar surface area (TPSA) is 95.6 Å². The van der Waals surface area contributed by atoms with Crippen LogP contribution in [0.2, 0.25) is 0 Å². The zero-order chi connectivity index (χ0) is 25.0. The van der Waals surface area contributed by atoms with Crippen LogP contribution in [0.3, 0.4) is 0 Å². The molecule has 0 aliphatic carbocycles. The predicted octanol–water partition coefficient (Wildman–Crippen LogP) is 4.43. The Hall–Kier alpha value is -3.72. The number of hydrogen-bond donors (Lipinski definition) is 2. The smallest absolute Gasteiger partial charge is 0.262 e. The fourth-order valence-electron chi connectivity index (χ4n) is 4.03. The third-order valence-electron chi connectivity index (χ3n) is 6.06. The van der Waals surface area contributed by atoms with Crippen molar-refractivity contribution >= 4 is 33.2 Å². The Morgan fingerprint density at radius 2 is 1.60 bits per heavy atom. The lowest BCUT2D eigenvalue weighted by Crippen LogP contribution is -2.41. The van der Waals surface area contributed by atoms with Crippen LogP contribution in [0.15, 0.2) is 77.7 Å². The monoisotopic (exact) mass is 495 g/mol. The van der Waals surface area contributed by atoms with Crippen LogP contribution >= 0.6 is 0 Å². The van der Waals surface area contributed by atoms with E-state index in [1.54, 1.807) is 17.9 Å². The van der Waals surface area contributed by atoms with E-state index in [-0.39, 0.29) is 33.9 Å². The maximum Gasteiger partial charge on any atom is 0.262 e. The quantitative estimate of drug-likeness (QED) is 0.529. The molecule has 0 unspecified atom stereocenters. The maximum atomic E-state index is 13.9. The van der Waals surface area contributed by atoms with Crippen LogP contribution in [0.25, 0.3) is 0 Å². The Balaban J connectivity index is 1.44. The first-order valence-corrected chi connectivity index (χ1v) is 12.8. The summed E-state index contributed by atoms with van der Waals surface area (Å²) in [6.45, 7) is 2.50. The molecule has 1 fully saturated rings. The molecule has 1 saturated heterocycles. The minimum Gasteiger partial charge on any atom is -0.339 e. The molecule has 0 saturated carbocycles. The minimum atomic E-state index is -4.10. The Bertz CT molecular complexity index is 1340. The number of halogens is 1. The standard InChI is InChI=1S/C26H26FN3O4S/c1-18-11-12-21(35(33,34)29-24-10-6-5-9-23(24)27)17-22(18)26(32)30-15-13-19(14-16-30)25(31)28-20-7-3-2-4-8-20/h2-12,17,19,29H,13-16H2,1H3,(H,28,31). The van der Waals surface area contributed by atoms with Gasteiger partial charge in [-0.1, -0.05) is 36.4 Å². The summed E-state index contributed by atoms with van der Waals surface area (Å²) in [7, 11) is -4.10. The third kappa shape index (κ3) is 5.68. The Labute approximate surface area is 204 Å². The van der Waals surface area contributed by atoms with Gasteiger partial charge in [0.15, 0.2) is 0 Å².